The predicted octanol–water partition coefficient (Wildman–Crippen LogP) is 0.0250. The number of amidine groups is 1. The summed E-state index contributed by atoms with van der Waals surface area (Å²) >= 11 is 0. The van der Waals surface area contributed by atoms with Gasteiger partial charge in [-0.25, -0.2) is 5.53 Å². The largest absolute Gasteiger partial charge is 0.480 e. The third-order valence-electron chi connectivity index (χ3n) is 0.633. The number of rotatable bonds is 3. The van der Waals surface area contributed by atoms with Gasteiger partial charge in [-0.1, -0.05) is 0 Å². The summed E-state index contributed by atoms with van der Waals surface area (Å²) in [5.41, 5.74) is 8.61. The number of hydrogen-bond acceptors (Lipinski definition) is 4. The SMILES string of the molecule is C/C(N=N)=N/NCC(=O)O. The highest BCUT2D eigenvalue weighted by Crippen LogP contribution is 1.73. The third kappa shape index (κ3) is 4.69. The molecule has 0 aliphatic rings. The molecule has 0 atom stereocenters. The van der Waals surface area contributed by atoms with E-state index >= 15 is 0 Å². The summed E-state index contributed by atoms with van der Waals surface area (Å²) in [4.78, 5) is 9.86. The van der Waals surface area contributed by atoms with Crippen molar-refractivity contribution in [1.29, 1.82) is 5.53 Å². The molecular formula is C4H8N4O2. The van der Waals surface area contributed by atoms with E-state index in [1.165, 1.54) is 6.92 Å². The van der Waals surface area contributed by atoms with Crippen LogP contribution in [0.3, 0.4) is 0 Å². The Morgan fingerprint density at radius 3 is 2.80 bits per heavy atom. The number of hydrogen-bond donors (Lipinski definition) is 3. The molecule has 0 aromatic heterocycles. The molecule has 0 aromatic carbocycles. The Balaban J connectivity index is 3.52. The minimum atomic E-state index is -0.999. The Bertz CT molecular complexity index is 165. The van der Waals surface area contributed by atoms with Crippen molar-refractivity contribution in [3.8, 4) is 0 Å². The maximum Gasteiger partial charge on any atom is 0.324 e. The lowest BCUT2D eigenvalue weighted by Gasteiger charge is -1.92. The van der Waals surface area contributed by atoms with Gasteiger partial charge in [-0.15, -0.1) is 5.11 Å². The molecule has 0 amide bonds. The first-order valence-corrected chi connectivity index (χ1v) is 2.53. The van der Waals surface area contributed by atoms with Crippen molar-refractivity contribution in [1.82, 2.24) is 5.43 Å². The van der Waals surface area contributed by atoms with Crippen molar-refractivity contribution >= 4 is 11.8 Å². The highest BCUT2D eigenvalue weighted by Gasteiger charge is 1.91. The summed E-state index contributed by atoms with van der Waals surface area (Å²) in [6.45, 7) is 1.23. The standard InChI is InChI=1S/C4H8N4O2/c1-3(7-5)8-6-2-4(9)10/h5-6H,2H2,1H3,(H,9,10)/b7-5?,8-3-. The molecule has 0 heterocycles. The Labute approximate surface area is 57.4 Å². The quantitative estimate of drug-likeness (QED) is 0.225. The minimum absolute atomic E-state index is 0.196. The van der Waals surface area contributed by atoms with Crippen molar-refractivity contribution in [2.75, 3.05) is 6.54 Å². The molecule has 0 radical (unpaired) electrons. The number of carboxylic acids is 1. The monoisotopic (exact) mass is 144 g/mol. The zero-order chi connectivity index (χ0) is 7.98. The van der Waals surface area contributed by atoms with Gasteiger partial charge in [-0.3, -0.25) is 10.2 Å². The van der Waals surface area contributed by atoms with Crippen molar-refractivity contribution in [3.63, 3.8) is 0 Å². The van der Waals surface area contributed by atoms with Gasteiger partial charge in [0.2, 0.25) is 0 Å². The summed E-state index contributed by atoms with van der Waals surface area (Å²) in [6, 6.07) is 0. The van der Waals surface area contributed by atoms with E-state index in [4.69, 9.17) is 10.6 Å². The van der Waals surface area contributed by atoms with Crippen LogP contribution in [0.1, 0.15) is 6.92 Å². The minimum Gasteiger partial charge on any atom is -0.480 e. The van der Waals surface area contributed by atoms with Crippen molar-refractivity contribution in [2.24, 2.45) is 10.2 Å². The zero-order valence-corrected chi connectivity index (χ0v) is 5.46. The summed E-state index contributed by atoms with van der Waals surface area (Å²) < 4.78 is 0. The lowest BCUT2D eigenvalue weighted by atomic mass is 10.7. The second-order valence-electron chi connectivity index (χ2n) is 1.50. The summed E-state index contributed by atoms with van der Waals surface area (Å²) in [5.74, 6) is -0.803. The molecule has 56 valence electrons. The van der Waals surface area contributed by atoms with Gasteiger partial charge in [-0.2, -0.15) is 5.10 Å². The number of carbonyl (C=O) groups is 1. The molecular weight excluding hydrogens is 136 g/mol. The van der Waals surface area contributed by atoms with Gasteiger partial charge >= 0.3 is 5.97 Å². The molecule has 0 rings (SSSR count). The number of hydrazone groups is 1. The second kappa shape index (κ2) is 4.42. The molecule has 0 aliphatic carbocycles. The van der Waals surface area contributed by atoms with Crippen molar-refractivity contribution < 1.29 is 9.90 Å². The third-order valence-corrected chi connectivity index (χ3v) is 0.633. The fourth-order valence-corrected chi connectivity index (χ4v) is 0.247. The van der Waals surface area contributed by atoms with Gasteiger partial charge in [0.15, 0.2) is 5.84 Å². The van der Waals surface area contributed by atoms with Gasteiger partial charge < -0.3 is 5.11 Å². The summed E-state index contributed by atoms with van der Waals surface area (Å²) in [7, 11) is 0. The topological polar surface area (TPSA) is 97.9 Å². The van der Waals surface area contributed by atoms with Gasteiger partial charge in [0.25, 0.3) is 0 Å². The number of nitrogens with zero attached hydrogens (tertiary/aromatic N) is 2. The average Bonchev–Trinajstić information content (AvgIpc) is 1.87. The van der Waals surface area contributed by atoms with Crippen LogP contribution >= 0.6 is 0 Å². The van der Waals surface area contributed by atoms with E-state index in [1.807, 2.05) is 0 Å². The fraction of sp³-hybridized carbons (Fsp3) is 0.500. The zero-order valence-electron chi connectivity index (χ0n) is 5.46. The van der Waals surface area contributed by atoms with Crippen LogP contribution in [0.5, 0.6) is 0 Å². The van der Waals surface area contributed by atoms with Gasteiger partial charge in [0.1, 0.15) is 6.54 Å². The van der Waals surface area contributed by atoms with E-state index in [0.29, 0.717) is 0 Å². The van der Waals surface area contributed by atoms with Crippen molar-refractivity contribution in [3.05, 3.63) is 0 Å². The fourth-order valence-electron chi connectivity index (χ4n) is 0.247. The van der Waals surface area contributed by atoms with Crippen LogP contribution < -0.4 is 5.43 Å². The van der Waals surface area contributed by atoms with Gasteiger partial charge in [0, 0.05) is 0 Å². The van der Waals surface area contributed by atoms with E-state index in [9.17, 15) is 4.79 Å². The number of carboxylic acid groups (broad SMARTS) is 1. The van der Waals surface area contributed by atoms with E-state index in [-0.39, 0.29) is 12.4 Å². The number of aliphatic carboxylic acids is 1. The first-order chi connectivity index (χ1) is 4.66. The first-order valence-electron chi connectivity index (χ1n) is 2.53. The molecule has 0 fully saturated rings. The van der Waals surface area contributed by atoms with Crippen LogP contribution in [-0.4, -0.2) is 23.5 Å². The van der Waals surface area contributed by atoms with Crippen LogP contribution in [0.2, 0.25) is 0 Å². The highest BCUT2D eigenvalue weighted by molar-refractivity contribution is 5.79. The molecule has 6 nitrogen and oxygen atoms in total. The summed E-state index contributed by atoms with van der Waals surface area (Å²) in [6.07, 6.45) is 0. The number of nitrogens with one attached hydrogen (secondary N) is 2. The predicted molar refractivity (Wildman–Crippen MR) is 33.9 cm³/mol. The Morgan fingerprint density at radius 2 is 2.40 bits per heavy atom. The average molecular weight is 144 g/mol. The Kier molecular flexibility index (Phi) is 3.78. The maximum atomic E-state index is 9.86. The van der Waals surface area contributed by atoms with Crippen LogP contribution in [-0.2, 0) is 4.79 Å². The first kappa shape index (κ1) is 8.54. The van der Waals surface area contributed by atoms with E-state index in [0.717, 1.165) is 0 Å². The van der Waals surface area contributed by atoms with Crippen LogP contribution in [0.4, 0.5) is 0 Å². The second-order valence-corrected chi connectivity index (χ2v) is 1.50. The summed E-state index contributed by atoms with van der Waals surface area (Å²) in [5, 5.41) is 14.4. The van der Waals surface area contributed by atoms with Crippen LogP contribution in [0, 0.1) is 5.53 Å². The molecule has 0 bridgehead atoms. The molecule has 0 saturated carbocycles. The molecule has 0 spiro atoms. The molecule has 0 aliphatic heterocycles. The molecule has 0 saturated heterocycles. The molecule has 0 unspecified atom stereocenters. The molecule has 0 aromatic rings. The maximum absolute atomic E-state index is 9.86. The molecule has 3 N–H and O–H groups in total. The van der Waals surface area contributed by atoms with Crippen LogP contribution in [0.25, 0.3) is 0 Å². The Hall–Kier alpha value is -1.46. The van der Waals surface area contributed by atoms with Crippen LogP contribution in [0.15, 0.2) is 10.2 Å². The van der Waals surface area contributed by atoms with E-state index in [2.05, 4.69) is 15.6 Å². The van der Waals surface area contributed by atoms with Gasteiger partial charge in [0.05, 0.1) is 0 Å². The Morgan fingerprint density at radius 1 is 1.80 bits per heavy atom. The van der Waals surface area contributed by atoms with E-state index in [1.54, 1.807) is 0 Å². The van der Waals surface area contributed by atoms with E-state index < -0.39 is 5.97 Å². The molecule has 10 heavy (non-hydrogen) atoms. The van der Waals surface area contributed by atoms with Crippen molar-refractivity contribution in [2.45, 2.75) is 6.92 Å². The lowest BCUT2D eigenvalue weighted by Crippen LogP contribution is -2.17. The normalized spacial score (nSPS) is 10.7. The lowest BCUT2D eigenvalue weighted by molar-refractivity contribution is -0.135. The smallest absolute Gasteiger partial charge is 0.324 e. The molecule has 6 heteroatoms. The van der Waals surface area contributed by atoms with Gasteiger partial charge in [-0.05, 0) is 6.92 Å². The highest BCUT2D eigenvalue weighted by atomic mass is 16.4.